The van der Waals surface area contributed by atoms with Crippen LogP contribution in [-0.2, 0) is 4.74 Å². The minimum atomic E-state index is -0.305. The fraction of sp³-hybridized carbons (Fsp3) is 0.632. The normalized spacial score (nSPS) is 23.1. The van der Waals surface area contributed by atoms with Crippen LogP contribution in [0, 0.1) is 0 Å². The van der Waals surface area contributed by atoms with Gasteiger partial charge < -0.3 is 19.9 Å². The Morgan fingerprint density at radius 3 is 2.50 bits per heavy atom. The lowest BCUT2D eigenvalue weighted by molar-refractivity contribution is 0.0624. The predicted octanol–water partition coefficient (Wildman–Crippen LogP) is 2.64. The van der Waals surface area contributed by atoms with Crippen molar-refractivity contribution >= 4 is 6.03 Å². The Kier molecular flexibility index (Phi) is 5.11. The third kappa shape index (κ3) is 3.28. The van der Waals surface area contributed by atoms with E-state index in [0.717, 1.165) is 32.5 Å². The van der Waals surface area contributed by atoms with Crippen LogP contribution in [0.4, 0.5) is 4.79 Å². The minimum absolute atomic E-state index is 0.123. The van der Waals surface area contributed by atoms with Crippen molar-refractivity contribution < 1.29 is 9.53 Å². The number of piperidine rings is 1. The molecular weight excluding hydrogens is 302 g/mol. The van der Waals surface area contributed by atoms with Gasteiger partial charge in [-0.15, -0.1) is 0 Å². The van der Waals surface area contributed by atoms with Gasteiger partial charge in [-0.25, -0.2) is 4.79 Å². The van der Waals surface area contributed by atoms with Gasteiger partial charge in [-0.2, -0.15) is 0 Å². The number of hydrogen-bond acceptors (Lipinski definition) is 3. The van der Waals surface area contributed by atoms with Crippen molar-refractivity contribution in [3.05, 3.63) is 35.9 Å². The maximum absolute atomic E-state index is 13.3. The summed E-state index contributed by atoms with van der Waals surface area (Å²) in [5.74, 6) is 0. The lowest BCUT2D eigenvalue weighted by Gasteiger charge is -2.37. The van der Waals surface area contributed by atoms with E-state index in [1.807, 2.05) is 11.0 Å². The van der Waals surface area contributed by atoms with Crippen molar-refractivity contribution in [2.75, 3.05) is 33.4 Å². The van der Waals surface area contributed by atoms with Gasteiger partial charge in [0.1, 0.15) is 0 Å². The highest BCUT2D eigenvalue weighted by atomic mass is 16.5. The molecule has 2 fully saturated rings. The number of nitrogens with one attached hydrogen (secondary N) is 1. The summed E-state index contributed by atoms with van der Waals surface area (Å²) in [5.41, 5.74) is 0.917. The monoisotopic (exact) mass is 331 g/mol. The summed E-state index contributed by atoms with van der Waals surface area (Å²) in [6.07, 6.45) is 2.04. The molecule has 2 amide bonds. The highest BCUT2D eigenvalue weighted by molar-refractivity contribution is 5.79. The second-order valence-corrected chi connectivity index (χ2v) is 7.45. The van der Waals surface area contributed by atoms with Gasteiger partial charge in [0.05, 0.1) is 18.2 Å². The lowest BCUT2D eigenvalue weighted by atomic mass is 10.00. The van der Waals surface area contributed by atoms with Gasteiger partial charge in [-0.05, 0) is 45.3 Å². The molecule has 1 aromatic rings. The predicted molar refractivity (Wildman–Crippen MR) is 95.0 cm³/mol. The maximum Gasteiger partial charge on any atom is 0.321 e. The summed E-state index contributed by atoms with van der Waals surface area (Å²) in [7, 11) is 1.70. The molecule has 24 heavy (non-hydrogen) atoms. The molecular formula is C19H29N3O2. The van der Waals surface area contributed by atoms with E-state index in [1.54, 1.807) is 7.11 Å². The highest BCUT2D eigenvalue weighted by Gasteiger charge is 2.47. The zero-order valence-electron chi connectivity index (χ0n) is 15.0. The first-order valence-corrected chi connectivity index (χ1v) is 8.89. The van der Waals surface area contributed by atoms with Crippen LogP contribution >= 0.6 is 0 Å². The summed E-state index contributed by atoms with van der Waals surface area (Å²) in [6.45, 7) is 7.41. The van der Waals surface area contributed by atoms with Gasteiger partial charge >= 0.3 is 6.03 Å². The minimum Gasteiger partial charge on any atom is -0.382 e. The van der Waals surface area contributed by atoms with Crippen molar-refractivity contribution in [3.8, 4) is 0 Å². The Hall–Kier alpha value is -1.59. The smallest absolute Gasteiger partial charge is 0.321 e. The zero-order valence-corrected chi connectivity index (χ0v) is 15.0. The van der Waals surface area contributed by atoms with Gasteiger partial charge in [0.2, 0.25) is 0 Å². The van der Waals surface area contributed by atoms with E-state index < -0.39 is 0 Å². The molecule has 2 heterocycles. The molecule has 2 aliphatic heterocycles. The molecule has 1 aromatic carbocycles. The summed E-state index contributed by atoms with van der Waals surface area (Å²) >= 11 is 0. The summed E-state index contributed by atoms with van der Waals surface area (Å²) in [4.78, 5) is 17.4. The van der Waals surface area contributed by atoms with Crippen LogP contribution in [0.1, 0.15) is 38.3 Å². The van der Waals surface area contributed by atoms with Gasteiger partial charge in [0.15, 0.2) is 0 Å². The molecule has 2 saturated heterocycles. The zero-order chi connectivity index (χ0) is 17.2. The van der Waals surface area contributed by atoms with Crippen LogP contribution in [-0.4, -0.2) is 60.8 Å². The molecule has 0 aliphatic carbocycles. The molecule has 2 aliphatic rings. The second kappa shape index (κ2) is 7.11. The van der Waals surface area contributed by atoms with Crippen LogP contribution < -0.4 is 5.32 Å². The van der Waals surface area contributed by atoms with Crippen LogP contribution in [0.2, 0.25) is 0 Å². The SMILES string of the molecule is COCC(C)(C)N1CC(c2ccccc2)N(C2CCNCC2)C1=O. The number of carbonyl (C=O) groups is 1. The lowest BCUT2D eigenvalue weighted by Crippen LogP contribution is -2.51. The quantitative estimate of drug-likeness (QED) is 0.902. The topological polar surface area (TPSA) is 44.8 Å². The molecule has 0 saturated carbocycles. The second-order valence-electron chi connectivity index (χ2n) is 7.45. The fourth-order valence-corrected chi connectivity index (χ4v) is 3.99. The number of benzene rings is 1. The number of methoxy groups -OCH3 is 1. The van der Waals surface area contributed by atoms with Crippen LogP contribution in [0.5, 0.6) is 0 Å². The summed E-state index contributed by atoms with van der Waals surface area (Å²) in [6, 6.07) is 11.0. The van der Waals surface area contributed by atoms with E-state index in [2.05, 4.69) is 48.3 Å². The first kappa shape index (κ1) is 17.2. The maximum atomic E-state index is 13.3. The van der Waals surface area contributed by atoms with E-state index in [0.29, 0.717) is 12.6 Å². The van der Waals surface area contributed by atoms with Gasteiger partial charge in [0, 0.05) is 19.7 Å². The molecule has 5 heteroatoms. The summed E-state index contributed by atoms with van der Waals surface area (Å²) < 4.78 is 5.37. The highest BCUT2D eigenvalue weighted by Crippen LogP contribution is 2.37. The Labute approximate surface area is 145 Å². The van der Waals surface area contributed by atoms with E-state index >= 15 is 0 Å². The Morgan fingerprint density at radius 2 is 1.88 bits per heavy atom. The van der Waals surface area contributed by atoms with Crippen molar-refractivity contribution in [2.24, 2.45) is 0 Å². The fourth-order valence-electron chi connectivity index (χ4n) is 3.99. The largest absolute Gasteiger partial charge is 0.382 e. The number of carbonyl (C=O) groups excluding carboxylic acids is 1. The molecule has 132 valence electrons. The molecule has 0 aromatic heterocycles. The van der Waals surface area contributed by atoms with E-state index in [9.17, 15) is 4.79 Å². The number of hydrogen-bond donors (Lipinski definition) is 1. The van der Waals surface area contributed by atoms with Crippen LogP contribution in [0.25, 0.3) is 0 Å². The molecule has 0 spiro atoms. The van der Waals surface area contributed by atoms with Crippen molar-refractivity contribution in [3.63, 3.8) is 0 Å². The van der Waals surface area contributed by atoms with Crippen molar-refractivity contribution in [2.45, 2.75) is 44.3 Å². The third-order valence-electron chi connectivity index (χ3n) is 5.26. The van der Waals surface area contributed by atoms with E-state index in [-0.39, 0.29) is 17.6 Å². The first-order chi connectivity index (χ1) is 11.5. The van der Waals surface area contributed by atoms with E-state index in [1.165, 1.54) is 5.56 Å². The van der Waals surface area contributed by atoms with Crippen LogP contribution in [0.3, 0.4) is 0 Å². The standard InChI is InChI=1S/C19H29N3O2/c1-19(2,14-24-3)21-13-17(15-7-5-4-6-8-15)22(18(21)23)16-9-11-20-12-10-16/h4-8,16-17,20H,9-14H2,1-3H3. The molecule has 1 unspecified atom stereocenters. The van der Waals surface area contributed by atoms with E-state index in [4.69, 9.17) is 4.74 Å². The Morgan fingerprint density at radius 1 is 1.21 bits per heavy atom. The number of rotatable bonds is 5. The Bertz CT molecular complexity index is 555. The van der Waals surface area contributed by atoms with Gasteiger partial charge in [0.25, 0.3) is 0 Å². The van der Waals surface area contributed by atoms with Gasteiger partial charge in [-0.1, -0.05) is 30.3 Å². The number of urea groups is 1. The molecule has 3 rings (SSSR count). The van der Waals surface area contributed by atoms with Gasteiger partial charge in [-0.3, -0.25) is 0 Å². The summed E-state index contributed by atoms with van der Waals surface area (Å²) in [5, 5.41) is 3.40. The number of amides is 2. The third-order valence-corrected chi connectivity index (χ3v) is 5.26. The average molecular weight is 331 g/mol. The molecule has 0 bridgehead atoms. The first-order valence-electron chi connectivity index (χ1n) is 8.89. The molecule has 1 atom stereocenters. The average Bonchev–Trinajstić information content (AvgIpc) is 2.94. The number of ether oxygens (including phenoxy) is 1. The molecule has 1 N–H and O–H groups in total. The molecule has 0 radical (unpaired) electrons. The van der Waals surface area contributed by atoms with Crippen LogP contribution in [0.15, 0.2) is 30.3 Å². The Balaban J connectivity index is 1.91. The number of nitrogens with zero attached hydrogens (tertiary/aromatic N) is 2. The van der Waals surface area contributed by atoms with Crippen molar-refractivity contribution in [1.29, 1.82) is 0 Å². The molecule has 5 nitrogen and oxygen atoms in total. The van der Waals surface area contributed by atoms with Crippen molar-refractivity contribution in [1.82, 2.24) is 15.1 Å².